The van der Waals surface area contributed by atoms with Gasteiger partial charge in [0.2, 0.25) is 5.89 Å². The van der Waals surface area contributed by atoms with E-state index < -0.39 is 5.91 Å². The minimum atomic E-state index is -0.583. The van der Waals surface area contributed by atoms with Crippen molar-refractivity contribution >= 4 is 16.8 Å². The molecule has 1 aliphatic carbocycles. The largest absolute Gasteiger partial charge is 0.444 e. The molecule has 2 heterocycles. The monoisotopic (exact) mass is 282 g/mol. The van der Waals surface area contributed by atoms with Crippen molar-refractivity contribution in [3.8, 4) is 11.5 Å². The first-order valence-corrected chi connectivity index (χ1v) is 6.85. The van der Waals surface area contributed by atoms with Gasteiger partial charge in [0.25, 0.3) is 5.91 Å². The van der Waals surface area contributed by atoms with Crippen LogP contribution in [0.3, 0.4) is 0 Å². The van der Waals surface area contributed by atoms with Gasteiger partial charge >= 0.3 is 0 Å². The van der Waals surface area contributed by atoms with E-state index in [1.165, 1.54) is 11.8 Å². The molecule has 0 unspecified atom stereocenters. The van der Waals surface area contributed by atoms with Gasteiger partial charge in [-0.25, -0.2) is 4.98 Å². The summed E-state index contributed by atoms with van der Waals surface area (Å²) < 4.78 is 7.23. The van der Waals surface area contributed by atoms with E-state index in [0.717, 1.165) is 29.3 Å². The summed E-state index contributed by atoms with van der Waals surface area (Å²) in [6, 6.07) is 4.11. The number of nitrogens with two attached hydrogens (primary N) is 1. The zero-order valence-electron chi connectivity index (χ0n) is 11.5. The summed E-state index contributed by atoms with van der Waals surface area (Å²) in [5.41, 5.74) is 8.45. The van der Waals surface area contributed by atoms with Gasteiger partial charge in [-0.3, -0.25) is 9.48 Å². The topological polar surface area (TPSA) is 86.9 Å². The smallest absolute Gasteiger partial charge is 0.270 e. The molecule has 1 saturated carbocycles. The third-order valence-corrected chi connectivity index (χ3v) is 3.79. The molecule has 0 radical (unpaired) electrons. The molecule has 3 aromatic rings. The number of carbonyl (C=O) groups excluding carboxylic acids is 1. The Hall–Kier alpha value is -2.63. The second-order valence-electron chi connectivity index (χ2n) is 5.48. The molecule has 21 heavy (non-hydrogen) atoms. The Morgan fingerprint density at radius 1 is 1.43 bits per heavy atom. The van der Waals surface area contributed by atoms with Gasteiger partial charge in [-0.2, -0.15) is 5.10 Å². The van der Waals surface area contributed by atoms with Crippen molar-refractivity contribution in [3.63, 3.8) is 0 Å². The quantitative estimate of drug-likeness (QED) is 0.797. The predicted octanol–water partition coefficient (Wildman–Crippen LogP) is 2.20. The van der Waals surface area contributed by atoms with Crippen LogP contribution in [0.2, 0.25) is 0 Å². The van der Waals surface area contributed by atoms with Crippen LogP contribution in [0.5, 0.6) is 0 Å². The molecule has 1 amide bonds. The maximum atomic E-state index is 11.2. The molecular formula is C15H14N4O2. The first-order valence-electron chi connectivity index (χ1n) is 6.85. The molecule has 0 atom stereocenters. The fourth-order valence-electron chi connectivity index (χ4n) is 2.64. The number of carbonyl (C=O) groups is 1. The van der Waals surface area contributed by atoms with E-state index in [-0.39, 0.29) is 5.69 Å². The fraction of sp³-hybridized carbons (Fsp3) is 0.267. The van der Waals surface area contributed by atoms with Gasteiger partial charge in [-0.15, -0.1) is 0 Å². The Balaban J connectivity index is 1.92. The lowest BCUT2D eigenvalue weighted by molar-refractivity contribution is 0.0995. The summed E-state index contributed by atoms with van der Waals surface area (Å²) in [6.45, 7) is 0. The highest BCUT2D eigenvalue weighted by Gasteiger charge is 2.29. The van der Waals surface area contributed by atoms with Crippen molar-refractivity contribution in [2.45, 2.75) is 18.8 Å². The molecule has 0 bridgehead atoms. The van der Waals surface area contributed by atoms with E-state index in [1.807, 2.05) is 19.3 Å². The minimum absolute atomic E-state index is 0.151. The van der Waals surface area contributed by atoms with Crippen LogP contribution in [0.4, 0.5) is 0 Å². The molecular weight excluding hydrogens is 268 g/mol. The average Bonchev–Trinajstić information content (AvgIpc) is 3.04. The summed E-state index contributed by atoms with van der Waals surface area (Å²) >= 11 is 0. The van der Waals surface area contributed by atoms with E-state index in [1.54, 1.807) is 4.68 Å². The van der Waals surface area contributed by atoms with Crippen LogP contribution in [0.25, 0.3) is 22.4 Å². The van der Waals surface area contributed by atoms with Gasteiger partial charge in [0.1, 0.15) is 6.26 Å². The number of nitrogens with zero attached hydrogens (tertiary/aromatic N) is 3. The lowest BCUT2D eigenvalue weighted by atomic mass is 10.0. The van der Waals surface area contributed by atoms with Gasteiger partial charge in [0.15, 0.2) is 5.69 Å². The minimum Gasteiger partial charge on any atom is -0.444 e. The highest BCUT2D eigenvalue weighted by atomic mass is 16.3. The number of benzene rings is 1. The number of rotatable bonds is 3. The molecule has 1 fully saturated rings. The van der Waals surface area contributed by atoms with Gasteiger partial charge in [-0.1, -0.05) is 0 Å². The van der Waals surface area contributed by atoms with Crippen LogP contribution < -0.4 is 5.73 Å². The Morgan fingerprint density at radius 3 is 2.90 bits per heavy atom. The Kier molecular flexibility index (Phi) is 2.42. The zero-order chi connectivity index (χ0) is 14.6. The number of primary amides is 1. The third-order valence-electron chi connectivity index (χ3n) is 3.79. The summed E-state index contributed by atoms with van der Waals surface area (Å²) in [7, 11) is 1.90. The number of hydrogen-bond donors (Lipinski definition) is 1. The molecule has 0 saturated heterocycles. The summed E-state index contributed by atoms with van der Waals surface area (Å²) in [6.07, 6.45) is 5.58. The first-order chi connectivity index (χ1) is 10.1. The second-order valence-corrected chi connectivity index (χ2v) is 5.48. The second kappa shape index (κ2) is 4.18. The van der Waals surface area contributed by atoms with Crippen LogP contribution in [0.15, 0.2) is 29.0 Å². The number of hydrogen-bond acceptors (Lipinski definition) is 4. The number of aryl methyl sites for hydroxylation is 1. The molecule has 2 N–H and O–H groups in total. The SMILES string of the molecule is Cn1cc2cc(-c3nc(C(N)=O)co3)c(C3CC3)cc2n1. The number of aromatic nitrogens is 3. The molecule has 1 aromatic carbocycles. The zero-order valence-corrected chi connectivity index (χ0v) is 11.5. The molecule has 2 aromatic heterocycles. The standard InChI is InChI=1S/C15H14N4O2/c1-19-6-9-4-11(15-17-13(7-21-15)14(16)20)10(8-2-3-8)5-12(9)18-19/h4-8H,2-3H2,1H3,(H2,16,20). The van der Waals surface area contributed by atoms with Crippen LogP contribution in [0.1, 0.15) is 34.8 Å². The molecule has 1 aliphatic rings. The van der Waals surface area contributed by atoms with Gasteiger partial charge in [-0.05, 0) is 36.5 Å². The Labute approximate surface area is 120 Å². The van der Waals surface area contributed by atoms with Crippen LogP contribution in [0, 0.1) is 0 Å². The first kappa shape index (κ1) is 12.1. The highest BCUT2D eigenvalue weighted by molar-refractivity contribution is 5.91. The van der Waals surface area contributed by atoms with Crippen molar-refractivity contribution in [3.05, 3.63) is 35.9 Å². The summed E-state index contributed by atoms with van der Waals surface area (Å²) in [5.74, 6) is 0.382. The van der Waals surface area contributed by atoms with Crippen molar-refractivity contribution in [2.75, 3.05) is 0 Å². The van der Waals surface area contributed by atoms with Crippen molar-refractivity contribution in [2.24, 2.45) is 12.8 Å². The average molecular weight is 282 g/mol. The third kappa shape index (κ3) is 1.99. The lowest BCUT2D eigenvalue weighted by Crippen LogP contribution is -2.11. The van der Waals surface area contributed by atoms with Crippen molar-refractivity contribution in [1.29, 1.82) is 0 Å². The Morgan fingerprint density at radius 2 is 2.24 bits per heavy atom. The molecule has 0 spiro atoms. The lowest BCUT2D eigenvalue weighted by Gasteiger charge is -2.05. The van der Waals surface area contributed by atoms with E-state index >= 15 is 0 Å². The maximum Gasteiger partial charge on any atom is 0.270 e. The van der Waals surface area contributed by atoms with E-state index in [4.69, 9.17) is 10.2 Å². The maximum absolute atomic E-state index is 11.2. The molecule has 4 rings (SSSR count). The van der Waals surface area contributed by atoms with Crippen molar-refractivity contribution < 1.29 is 9.21 Å². The number of oxazole rings is 1. The molecule has 106 valence electrons. The van der Waals surface area contributed by atoms with Crippen molar-refractivity contribution in [1.82, 2.24) is 14.8 Å². The van der Waals surface area contributed by atoms with Gasteiger partial charge in [0, 0.05) is 24.2 Å². The van der Waals surface area contributed by atoms with E-state index in [9.17, 15) is 4.79 Å². The summed E-state index contributed by atoms with van der Waals surface area (Å²) in [4.78, 5) is 15.4. The van der Waals surface area contributed by atoms with Gasteiger partial charge < -0.3 is 10.2 Å². The number of fused-ring (bicyclic) bond motifs is 1. The highest BCUT2D eigenvalue weighted by Crippen LogP contribution is 2.45. The van der Waals surface area contributed by atoms with E-state index in [2.05, 4.69) is 16.1 Å². The summed E-state index contributed by atoms with van der Waals surface area (Å²) in [5, 5.41) is 5.47. The van der Waals surface area contributed by atoms with Gasteiger partial charge in [0.05, 0.1) is 5.52 Å². The number of amides is 1. The van der Waals surface area contributed by atoms with Crippen LogP contribution in [-0.2, 0) is 7.05 Å². The molecule has 0 aliphatic heterocycles. The Bertz CT molecular complexity index is 858. The van der Waals surface area contributed by atoms with Crippen LogP contribution in [-0.4, -0.2) is 20.7 Å². The molecule has 6 heteroatoms. The normalized spacial score (nSPS) is 14.7. The predicted molar refractivity (Wildman–Crippen MR) is 76.7 cm³/mol. The van der Waals surface area contributed by atoms with Crippen LogP contribution >= 0.6 is 0 Å². The molecule has 6 nitrogen and oxygen atoms in total. The van der Waals surface area contributed by atoms with E-state index in [0.29, 0.717) is 11.8 Å². The fourth-order valence-corrected chi connectivity index (χ4v) is 2.64.